The average Bonchev–Trinajstić information content (AvgIpc) is 2.37. The zero-order valence-corrected chi connectivity index (χ0v) is 11.3. The Bertz CT molecular complexity index is 385. The van der Waals surface area contributed by atoms with Crippen molar-refractivity contribution in [2.24, 2.45) is 5.73 Å². The Morgan fingerprint density at radius 2 is 1.94 bits per heavy atom. The first-order chi connectivity index (χ1) is 8.49. The van der Waals surface area contributed by atoms with Gasteiger partial charge in [0.15, 0.2) is 0 Å². The van der Waals surface area contributed by atoms with Gasteiger partial charge in [-0.1, -0.05) is 13.8 Å². The Kier molecular flexibility index (Phi) is 5.16. The number of hydrogen-bond donors (Lipinski definition) is 2. The van der Waals surface area contributed by atoms with Crippen LogP contribution >= 0.6 is 0 Å². The molecular weight excluding hydrogens is 228 g/mol. The number of ether oxygens (including phenoxy) is 1. The molecule has 0 aliphatic rings. The number of hydrogen-bond acceptors (Lipinski definition) is 3. The third-order valence-corrected chi connectivity index (χ3v) is 2.84. The van der Waals surface area contributed by atoms with Crippen molar-refractivity contribution in [2.75, 3.05) is 11.9 Å². The molecule has 0 aromatic heterocycles. The Hall–Kier alpha value is -1.55. The van der Waals surface area contributed by atoms with Crippen LogP contribution in [0.5, 0.6) is 5.75 Å². The molecule has 1 aromatic rings. The van der Waals surface area contributed by atoms with Crippen molar-refractivity contribution in [3.05, 3.63) is 24.3 Å². The van der Waals surface area contributed by atoms with Crippen molar-refractivity contribution in [3.63, 3.8) is 0 Å². The van der Waals surface area contributed by atoms with Gasteiger partial charge in [-0.15, -0.1) is 0 Å². The number of anilines is 1. The number of benzene rings is 1. The van der Waals surface area contributed by atoms with E-state index in [9.17, 15) is 4.79 Å². The number of rotatable bonds is 6. The summed E-state index contributed by atoms with van der Waals surface area (Å²) < 4.78 is 5.47. The number of nitrogens with two attached hydrogens (primary N) is 1. The molecule has 0 heterocycles. The van der Waals surface area contributed by atoms with E-state index in [0.29, 0.717) is 13.0 Å². The summed E-state index contributed by atoms with van der Waals surface area (Å²) in [5, 5.41) is 2.80. The normalized spacial score (nSPS) is 13.8. The Labute approximate surface area is 109 Å². The molecule has 0 radical (unpaired) electrons. The first kappa shape index (κ1) is 14.5. The van der Waals surface area contributed by atoms with Crippen LogP contribution in [0.4, 0.5) is 5.69 Å². The van der Waals surface area contributed by atoms with Gasteiger partial charge in [0, 0.05) is 5.69 Å². The van der Waals surface area contributed by atoms with E-state index in [1.54, 1.807) is 6.92 Å². The van der Waals surface area contributed by atoms with Gasteiger partial charge in [0.2, 0.25) is 5.91 Å². The second-order valence-corrected chi connectivity index (χ2v) is 4.60. The van der Waals surface area contributed by atoms with Crippen molar-refractivity contribution in [3.8, 4) is 5.75 Å². The highest BCUT2D eigenvalue weighted by Gasteiger charge is 2.25. The van der Waals surface area contributed by atoms with Crippen LogP contribution in [0.1, 0.15) is 33.6 Å². The van der Waals surface area contributed by atoms with Gasteiger partial charge in [-0.3, -0.25) is 4.79 Å². The highest BCUT2D eigenvalue weighted by atomic mass is 16.5. The van der Waals surface area contributed by atoms with Crippen molar-refractivity contribution in [1.82, 2.24) is 0 Å². The second kappa shape index (κ2) is 6.40. The van der Waals surface area contributed by atoms with Gasteiger partial charge >= 0.3 is 0 Å². The zero-order valence-electron chi connectivity index (χ0n) is 11.3. The number of amides is 1. The fourth-order valence-corrected chi connectivity index (χ4v) is 1.29. The summed E-state index contributed by atoms with van der Waals surface area (Å²) in [5.41, 5.74) is 5.76. The van der Waals surface area contributed by atoms with Crippen molar-refractivity contribution >= 4 is 11.6 Å². The molecule has 0 aliphatic heterocycles. The fourth-order valence-electron chi connectivity index (χ4n) is 1.29. The standard InChI is InChI=1S/C14H22N2O2/c1-4-10-18-12-8-6-11(7-9-12)16-13(17)14(3,15)5-2/h6-9H,4-5,10,15H2,1-3H3,(H,16,17). The lowest BCUT2D eigenvalue weighted by Crippen LogP contribution is -2.47. The van der Waals surface area contributed by atoms with Crippen molar-refractivity contribution in [2.45, 2.75) is 39.2 Å². The molecule has 1 rings (SSSR count). The number of nitrogens with one attached hydrogen (secondary N) is 1. The molecule has 0 spiro atoms. The molecule has 18 heavy (non-hydrogen) atoms. The van der Waals surface area contributed by atoms with E-state index in [2.05, 4.69) is 12.2 Å². The summed E-state index contributed by atoms with van der Waals surface area (Å²) in [6.07, 6.45) is 1.57. The highest BCUT2D eigenvalue weighted by molar-refractivity contribution is 5.97. The lowest BCUT2D eigenvalue weighted by molar-refractivity contribution is -0.120. The quantitative estimate of drug-likeness (QED) is 0.815. The van der Waals surface area contributed by atoms with E-state index in [1.165, 1.54) is 0 Å². The first-order valence-corrected chi connectivity index (χ1v) is 6.32. The van der Waals surface area contributed by atoms with E-state index in [-0.39, 0.29) is 5.91 Å². The molecule has 100 valence electrons. The third-order valence-electron chi connectivity index (χ3n) is 2.84. The van der Waals surface area contributed by atoms with Gasteiger partial charge in [-0.05, 0) is 44.0 Å². The summed E-state index contributed by atoms with van der Waals surface area (Å²) in [7, 11) is 0. The SMILES string of the molecule is CCCOc1ccc(NC(=O)C(C)(N)CC)cc1. The lowest BCUT2D eigenvalue weighted by Gasteiger charge is -2.21. The van der Waals surface area contributed by atoms with Crippen LogP contribution in [0, 0.1) is 0 Å². The molecule has 3 N–H and O–H groups in total. The maximum Gasteiger partial charge on any atom is 0.244 e. The largest absolute Gasteiger partial charge is 0.494 e. The topological polar surface area (TPSA) is 64.3 Å². The maximum absolute atomic E-state index is 11.9. The van der Waals surface area contributed by atoms with Crippen LogP contribution in [0.25, 0.3) is 0 Å². The van der Waals surface area contributed by atoms with Crippen LogP contribution in [0.2, 0.25) is 0 Å². The van der Waals surface area contributed by atoms with E-state index in [4.69, 9.17) is 10.5 Å². The number of carbonyl (C=O) groups is 1. The Morgan fingerprint density at radius 1 is 1.33 bits per heavy atom. The zero-order chi connectivity index (χ0) is 13.6. The summed E-state index contributed by atoms with van der Waals surface area (Å²) in [4.78, 5) is 11.9. The molecule has 0 fully saturated rings. The molecule has 1 atom stereocenters. The molecule has 0 saturated carbocycles. The summed E-state index contributed by atoms with van der Waals surface area (Å²) in [5.74, 6) is 0.632. The van der Waals surface area contributed by atoms with E-state index in [1.807, 2.05) is 31.2 Å². The fraction of sp³-hybridized carbons (Fsp3) is 0.500. The van der Waals surface area contributed by atoms with Gasteiger partial charge in [-0.2, -0.15) is 0 Å². The van der Waals surface area contributed by atoms with Crippen molar-refractivity contribution in [1.29, 1.82) is 0 Å². The van der Waals surface area contributed by atoms with Gasteiger partial charge in [0.25, 0.3) is 0 Å². The molecule has 0 saturated heterocycles. The van der Waals surface area contributed by atoms with Crippen LogP contribution < -0.4 is 15.8 Å². The van der Waals surface area contributed by atoms with Gasteiger partial charge in [-0.25, -0.2) is 0 Å². The van der Waals surface area contributed by atoms with E-state index < -0.39 is 5.54 Å². The molecular formula is C14H22N2O2. The molecule has 1 amide bonds. The average molecular weight is 250 g/mol. The van der Waals surface area contributed by atoms with Crippen molar-refractivity contribution < 1.29 is 9.53 Å². The summed E-state index contributed by atoms with van der Waals surface area (Å²) in [6.45, 7) is 6.37. The van der Waals surface area contributed by atoms with E-state index >= 15 is 0 Å². The van der Waals surface area contributed by atoms with Gasteiger partial charge < -0.3 is 15.8 Å². The molecule has 0 aliphatic carbocycles. The minimum Gasteiger partial charge on any atom is -0.494 e. The second-order valence-electron chi connectivity index (χ2n) is 4.60. The predicted molar refractivity (Wildman–Crippen MR) is 73.7 cm³/mol. The minimum absolute atomic E-state index is 0.174. The predicted octanol–water partition coefficient (Wildman–Crippen LogP) is 2.54. The van der Waals surface area contributed by atoms with Crippen LogP contribution in [-0.4, -0.2) is 18.1 Å². The lowest BCUT2D eigenvalue weighted by atomic mass is 9.99. The summed E-state index contributed by atoms with van der Waals surface area (Å²) in [6, 6.07) is 7.30. The summed E-state index contributed by atoms with van der Waals surface area (Å²) >= 11 is 0. The monoisotopic (exact) mass is 250 g/mol. The van der Waals surface area contributed by atoms with Crippen LogP contribution in [0.15, 0.2) is 24.3 Å². The smallest absolute Gasteiger partial charge is 0.244 e. The minimum atomic E-state index is -0.836. The first-order valence-electron chi connectivity index (χ1n) is 6.32. The van der Waals surface area contributed by atoms with Gasteiger partial charge in [0.1, 0.15) is 5.75 Å². The Balaban J connectivity index is 2.61. The molecule has 0 bridgehead atoms. The van der Waals surface area contributed by atoms with Gasteiger partial charge in [0.05, 0.1) is 12.1 Å². The van der Waals surface area contributed by atoms with Crippen LogP contribution in [-0.2, 0) is 4.79 Å². The Morgan fingerprint density at radius 3 is 2.44 bits per heavy atom. The molecule has 4 nitrogen and oxygen atoms in total. The molecule has 1 aromatic carbocycles. The van der Waals surface area contributed by atoms with Crippen LogP contribution in [0.3, 0.4) is 0 Å². The third kappa shape index (κ3) is 4.04. The molecule has 1 unspecified atom stereocenters. The molecule has 4 heteroatoms. The number of carbonyl (C=O) groups excluding carboxylic acids is 1. The van der Waals surface area contributed by atoms with E-state index in [0.717, 1.165) is 17.9 Å². The maximum atomic E-state index is 11.9. The highest BCUT2D eigenvalue weighted by Crippen LogP contribution is 2.17.